The second kappa shape index (κ2) is 11.5. The molecule has 2 aromatic carbocycles. The van der Waals surface area contributed by atoms with Gasteiger partial charge in [0, 0.05) is 12.3 Å². The van der Waals surface area contributed by atoms with Gasteiger partial charge in [-0.1, -0.05) is 29.8 Å². The van der Waals surface area contributed by atoms with Crippen LogP contribution in [0.1, 0.15) is 26.5 Å². The lowest BCUT2D eigenvalue weighted by atomic mass is 10.2. The summed E-state index contributed by atoms with van der Waals surface area (Å²) in [6.45, 7) is 5.84. The molecule has 0 bridgehead atoms. The van der Waals surface area contributed by atoms with Crippen molar-refractivity contribution < 1.29 is 23.5 Å². The lowest BCUT2D eigenvalue weighted by molar-refractivity contribution is -0.111. The monoisotopic (exact) mass is 500 g/mol. The fraction of sp³-hybridized carbons (Fsp3) is 0.240. The number of benzene rings is 2. The molecule has 10 heteroatoms. The van der Waals surface area contributed by atoms with Crippen molar-refractivity contribution in [2.24, 2.45) is 0 Å². The van der Waals surface area contributed by atoms with Crippen LogP contribution in [0.3, 0.4) is 0 Å². The molecule has 0 aliphatic carbocycles. The van der Waals surface area contributed by atoms with Gasteiger partial charge in [0.2, 0.25) is 5.91 Å². The molecule has 0 unspecified atom stereocenters. The maximum Gasteiger partial charge on any atom is 0.412 e. The van der Waals surface area contributed by atoms with Crippen molar-refractivity contribution in [3.63, 3.8) is 0 Å². The molecule has 2 amide bonds. The Bertz CT molecular complexity index is 1220. The molecule has 8 nitrogen and oxygen atoms in total. The fourth-order valence-electron chi connectivity index (χ4n) is 2.89. The summed E-state index contributed by atoms with van der Waals surface area (Å²) in [4.78, 5) is 24.5. The van der Waals surface area contributed by atoms with Crippen LogP contribution in [0.5, 0.6) is 5.75 Å². The third-order valence-electron chi connectivity index (χ3n) is 4.38. The van der Waals surface area contributed by atoms with Crippen LogP contribution in [-0.4, -0.2) is 34.0 Å². The first-order chi connectivity index (χ1) is 16.6. The Hall–Kier alpha value is -3.85. The van der Waals surface area contributed by atoms with Crippen molar-refractivity contribution in [3.8, 4) is 5.75 Å². The van der Waals surface area contributed by atoms with Gasteiger partial charge in [-0.3, -0.25) is 14.8 Å². The number of hydrogen-bond acceptors (Lipinski definition) is 5. The molecule has 0 saturated carbocycles. The predicted octanol–water partition coefficient (Wildman–Crippen LogP) is 5.75. The molecule has 35 heavy (non-hydrogen) atoms. The van der Waals surface area contributed by atoms with Crippen molar-refractivity contribution in [1.82, 2.24) is 9.78 Å². The van der Waals surface area contributed by atoms with Crippen LogP contribution in [0.25, 0.3) is 6.08 Å². The molecule has 0 fully saturated rings. The van der Waals surface area contributed by atoms with Gasteiger partial charge in [0.05, 0.1) is 28.6 Å². The molecule has 3 aromatic rings. The molecule has 3 rings (SSSR count). The van der Waals surface area contributed by atoms with E-state index in [1.807, 2.05) is 0 Å². The van der Waals surface area contributed by atoms with Crippen LogP contribution in [0.2, 0.25) is 5.02 Å². The summed E-state index contributed by atoms with van der Waals surface area (Å²) in [7, 11) is 0. The van der Waals surface area contributed by atoms with Crippen LogP contribution in [0.15, 0.2) is 60.8 Å². The van der Waals surface area contributed by atoms with Crippen LogP contribution in [0, 0.1) is 5.82 Å². The Morgan fingerprint density at radius 3 is 2.51 bits per heavy atom. The topological polar surface area (TPSA) is 94.5 Å². The summed E-state index contributed by atoms with van der Waals surface area (Å²) >= 11 is 5.74. The second-order valence-electron chi connectivity index (χ2n) is 8.40. The number of carbonyl (C=O) groups excluding carboxylic acids is 2. The second-order valence-corrected chi connectivity index (χ2v) is 8.81. The van der Waals surface area contributed by atoms with Crippen molar-refractivity contribution in [2.75, 3.05) is 17.2 Å². The number of para-hydroxylation sites is 2. The van der Waals surface area contributed by atoms with E-state index in [1.165, 1.54) is 18.2 Å². The van der Waals surface area contributed by atoms with E-state index in [1.54, 1.807) is 74.1 Å². The average molecular weight is 501 g/mol. The molecule has 1 heterocycles. The number of ether oxygens (including phenoxy) is 2. The highest BCUT2D eigenvalue weighted by Gasteiger charge is 2.17. The van der Waals surface area contributed by atoms with Gasteiger partial charge in [-0.25, -0.2) is 9.18 Å². The molecule has 1 aromatic heterocycles. The highest BCUT2D eigenvalue weighted by molar-refractivity contribution is 6.30. The van der Waals surface area contributed by atoms with Gasteiger partial charge in [0.1, 0.15) is 12.2 Å². The molecule has 184 valence electrons. The minimum absolute atomic E-state index is 0.00414. The Balaban J connectivity index is 1.53. The van der Waals surface area contributed by atoms with E-state index in [2.05, 4.69) is 15.7 Å². The molecule has 0 aliphatic heterocycles. The van der Waals surface area contributed by atoms with Gasteiger partial charge in [-0.05, 0) is 57.2 Å². The first kappa shape index (κ1) is 25.8. The zero-order valence-corrected chi connectivity index (χ0v) is 20.3. The smallest absolute Gasteiger partial charge is 0.412 e. The maximum absolute atomic E-state index is 13.9. The molecule has 0 saturated heterocycles. The SMILES string of the molecule is CC(C)(C)OC(=O)Nc1ccccc1NC(=O)/C=C/c1ccn(CCOc2cccc(Cl)c2F)n1. The number of rotatable bonds is 8. The van der Waals surface area contributed by atoms with Gasteiger partial charge in [-0.2, -0.15) is 5.10 Å². The minimum Gasteiger partial charge on any atom is -0.489 e. The Kier molecular flexibility index (Phi) is 8.48. The highest BCUT2D eigenvalue weighted by Crippen LogP contribution is 2.24. The normalized spacial score (nSPS) is 11.3. The molecule has 2 N–H and O–H groups in total. The number of carbonyl (C=O) groups is 2. The van der Waals surface area contributed by atoms with Crippen molar-refractivity contribution in [2.45, 2.75) is 32.9 Å². The standard InChI is InChI=1S/C25H26ClFN4O4/c1-25(2,3)35-24(33)29-20-9-5-4-8-19(20)28-22(32)12-11-17-13-14-31(30-17)15-16-34-21-10-6-7-18(26)23(21)27/h4-14H,15-16H2,1-3H3,(H,28,32)(H,29,33)/b12-11+. The van der Waals surface area contributed by atoms with E-state index in [4.69, 9.17) is 21.1 Å². The first-order valence-corrected chi connectivity index (χ1v) is 11.2. The minimum atomic E-state index is -0.647. The number of nitrogens with one attached hydrogen (secondary N) is 2. The lowest BCUT2D eigenvalue weighted by Gasteiger charge is -2.20. The Morgan fingerprint density at radius 2 is 1.80 bits per heavy atom. The maximum atomic E-state index is 13.9. The van der Waals surface area contributed by atoms with E-state index in [0.717, 1.165) is 0 Å². The fourth-order valence-corrected chi connectivity index (χ4v) is 3.05. The van der Waals surface area contributed by atoms with E-state index in [0.29, 0.717) is 23.6 Å². The van der Waals surface area contributed by atoms with Crippen LogP contribution >= 0.6 is 11.6 Å². The number of amides is 2. The molecule has 0 spiro atoms. The van der Waals surface area contributed by atoms with E-state index in [9.17, 15) is 14.0 Å². The summed E-state index contributed by atoms with van der Waals surface area (Å²) in [5.41, 5.74) is 0.730. The van der Waals surface area contributed by atoms with Crippen LogP contribution in [-0.2, 0) is 16.1 Å². The van der Waals surface area contributed by atoms with E-state index < -0.39 is 23.4 Å². The zero-order valence-electron chi connectivity index (χ0n) is 19.5. The quantitative estimate of drug-likeness (QED) is 0.384. The summed E-state index contributed by atoms with van der Waals surface area (Å²) in [6, 6.07) is 13.1. The number of aromatic nitrogens is 2. The van der Waals surface area contributed by atoms with Crippen molar-refractivity contribution in [3.05, 3.63) is 77.3 Å². The number of hydrogen-bond donors (Lipinski definition) is 2. The third kappa shape index (κ3) is 8.15. The lowest BCUT2D eigenvalue weighted by Crippen LogP contribution is -2.27. The molecular formula is C25H26ClFN4O4. The molecule has 0 radical (unpaired) electrons. The number of anilines is 2. The number of nitrogens with zero attached hydrogens (tertiary/aromatic N) is 2. The third-order valence-corrected chi connectivity index (χ3v) is 4.67. The summed E-state index contributed by atoms with van der Waals surface area (Å²) < 4.78 is 26.1. The summed E-state index contributed by atoms with van der Waals surface area (Å²) in [6.07, 6.45) is 3.97. The average Bonchev–Trinajstić information content (AvgIpc) is 3.23. The van der Waals surface area contributed by atoms with Gasteiger partial charge in [0.15, 0.2) is 11.6 Å². The largest absolute Gasteiger partial charge is 0.489 e. The molecule has 0 aliphatic rings. The summed E-state index contributed by atoms with van der Waals surface area (Å²) in [5.74, 6) is -0.937. The zero-order chi connectivity index (χ0) is 25.4. The van der Waals surface area contributed by atoms with E-state index in [-0.39, 0.29) is 17.4 Å². The van der Waals surface area contributed by atoms with Gasteiger partial charge in [-0.15, -0.1) is 0 Å². The van der Waals surface area contributed by atoms with Gasteiger partial charge >= 0.3 is 6.09 Å². The highest BCUT2D eigenvalue weighted by atomic mass is 35.5. The van der Waals surface area contributed by atoms with Crippen molar-refractivity contribution in [1.29, 1.82) is 0 Å². The molecule has 0 atom stereocenters. The van der Waals surface area contributed by atoms with Gasteiger partial charge < -0.3 is 14.8 Å². The van der Waals surface area contributed by atoms with Crippen LogP contribution in [0.4, 0.5) is 20.6 Å². The Labute approximate surface area is 207 Å². The molecular weight excluding hydrogens is 475 g/mol. The first-order valence-electron chi connectivity index (χ1n) is 10.8. The number of halogens is 2. The van der Waals surface area contributed by atoms with Crippen molar-refractivity contribution >= 4 is 41.1 Å². The van der Waals surface area contributed by atoms with Crippen LogP contribution < -0.4 is 15.4 Å². The van der Waals surface area contributed by atoms with E-state index >= 15 is 0 Å². The summed E-state index contributed by atoms with van der Waals surface area (Å²) in [5, 5.41) is 9.67. The Morgan fingerprint density at radius 1 is 1.09 bits per heavy atom. The van der Waals surface area contributed by atoms with Gasteiger partial charge in [0.25, 0.3) is 0 Å². The predicted molar refractivity (Wildman–Crippen MR) is 133 cm³/mol.